The summed E-state index contributed by atoms with van der Waals surface area (Å²) in [7, 11) is 0. The van der Waals surface area contributed by atoms with Gasteiger partial charge in [0.15, 0.2) is 0 Å². The second-order valence-electron chi connectivity index (χ2n) is 7.83. The van der Waals surface area contributed by atoms with E-state index in [1.807, 2.05) is 0 Å². The van der Waals surface area contributed by atoms with Crippen molar-refractivity contribution in [1.82, 2.24) is 10.2 Å². The van der Waals surface area contributed by atoms with E-state index in [0.29, 0.717) is 11.5 Å². The van der Waals surface area contributed by atoms with Crippen molar-refractivity contribution < 1.29 is 0 Å². The largest absolute Gasteiger partial charge is 0.314 e. The highest BCUT2D eigenvalue weighted by Crippen LogP contribution is 2.34. The van der Waals surface area contributed by atoms with Gasteiger partial charge in [-0.3, -0.25) is 0 Å². The van der Waals surface area contributed by atoms with E-state index in [-0.39, 0.29) is 0 Å². The van der Waals surface area contributed by atoms with Gasteiger partial charge in [0, 0.05) is 6.04 Å². The number of unbranched alkanes of at least 4 members (excludes halogenated alkanes) is 1. The van der Waals surface area contributed by atoms with Crippen molar-refractivity contribution in [3.63, 3.8) is 0 Å². The number of piperidine rings is 1. The van der Waals surface area contributed by atoms with Crippen LogP contribution in [-0.4, -0.2) is 37.1 Å². The van der Waals surface area contributed by atoms with Crippen LogP contribution in [0, 0.1) is 11.3 Å². The summed E-state index contributed by atoms with van der Waals surface area (Å²) in [6, 6.07) is 0.696. The van der Waals surface area contributed by atoms with Crippen LogP contribution < -0.4 is 5.32 Å². The molecule has 0 radical (unpaired) electrons. The second kappa shape index (κ2) is 9.04. The van der Waals surface area contributed by atoms with Crippen molar-refractivity contribution in [1.29, 1.82) is 0 Å². The van der Waals surface area contributed by atoms with Gasteiger partial charge in [-0.2, -0.15) is 0 Å². The molecule has 20 heavy (non-hydrogen) atoms. The van der Waals surface area contributed by atoms with E-state index in [1.54, 1.807) is 0 Å². The minimum absolute atomic E-state index is 0.506. The third-order valence-electron chi connectivity index (χ3n) is 4.92. The molecule has 0 bridgehead atoms. The summed E-state index contributed by atoms with van der Waals surface area (Å²) in [5.41, 5.74) is 0.506. The lowest BCUT2D eigenvalue weighted by Crippen LogP contribution is -2.38. The van der Waals surface area contributed by atoms with Crippen molar-refractivity contribution >= 4 is 0 Å². The van der Waals surface area contributed by atoms with Gasteiger partial charge in [-0.1, -0.05) is 34.1 Å². The van der Waals surface area contributed by atoms with E-state index >= 15 is 0 Å². The van der Waals surface area contributed by atoms with E-state index < -0.39 is 0 Å². The van der Waals surface area contributed by atoms with E-state index in [0.717, 1.165) is 5.92 Å². The van der Waals surface area contributed by atoms with Crippen molar-refractivity contribution in [3.8, 4) is 0 Å². The van der Waals surface area contributed by atoms with Crippen molar-refractivity contribution in [2.45, 2.75) is 79.2 Å². The van der Waals surface area contributed by atoms with Crippen LogP contribution in [0.5, 0.6) is 0 Å². The Kier molecular flexibility index (Phi) is 8.13. The summed E-state index contributed by atoms with van der Waals surface area (Å²) in [6.07, 6.45) is 8.12. The van der Waals surface area contributed by atoms with Gasteiger partial charge in [-0.25, -0.2) is 0 Å². The molecular formula is C18H38N2. The van der Waals surface area contributed by atoms with Gasteiger partial charge in [0.2, 0.25) is 0 Å². The minimum atomic E-state index is 0.506. The maximum atomic E-state index is 3.58. The Morgan fingerprint density at radius 3 is 2.35 bits per heavy atom. The van der Waals surface area contributed by atoms with Gasteiger partial charge in [0.1, 0.15) is 0 Å². The maximum Gasteiger partial charge on any atom is 0.00387 e. The molecule has 1 atom stereocenters. The highest BCUT2D eigenvalue weighted by molar-refractivity contribution is 4.80. The molecule has 1 N–H and O–H groups in total. The first-order valence-electron chi connectivity index (χ1n) is 8.89. The first-order valence-corrected chi connectivity index (χ1v) is 8.89. The first kappa shape index (κ1) is 18.0. The Labute approximate surface area is 127 Å². The monoisotopic (exact) mass is 282 g/mol. The third kappa shape index (κ3) is 7.08. The number of hydrogen-bond donors (Lipinski definition) is 1. The Hall–Kier alpha value is -0.0800. The predicted octanol–water partition coefficient (Wildman–Crippen LogP) is 4.30. The zero-order chi connectivity index (χ0) is 15.0. The first-order chi connectivity index (χ1) is 9.43. The van der Waals surface area contributed by atoms with Crippen LogP contribution >= 0.6 is 0 Å². The fraction of sp³-hybridized carbons (Fsp3) is 1.00. The molecule has 0 aromatic carbocycles. The molecule has 1 aliphatic rings. The topological polar surface area (TPSA) is 15.3 Å². The van der Waals surface area contributed by atoms with E-state index in [1.165, 1.54) is 64.7 Å². The Bertz CT molecular complexity index is 236. The molecule has 0 aliphatic carbocycles. The predicted molar refractivity (Wildman–Crippen MR) is 90.2 cm³/mol. The van der Waals surface area contributed by atoms with E-state index in [9.17, 15) is 0 Å². The van der Waals surface area contributed by atoms with Gasteiger partial charge >= 0.3 is 0 Å². The standard InChI is InChI=1S/C18H38N2/c1-6-12-19-16(2)9-7-8-13-20-14-10-17(11-15-20)18(3,4)5/h16-17,19H,6-15H2,1-5H3. The van der Waals surface area contributed by atoms with Gasteiger partial charge in [-0.15, -0.1) is 0 Å². The van der Waals surface area contributed by atoms with Crippen LogP contribution in [0.3, 0.4) is 0 Å². The summed E-state index contributed by atoms with van der Waals surface area (Å²) in [5, 5.41) is 3.58. The molecule has 0 aromatic rings. The quantitative estimate of drug-likeness (QED) is 0.668. The average Bonchev–Trinajstić information content (AvgIpc) is 2.41. The summed E-state index contributed by atoms with van der Waals surface area (Å²) in [5.74, 6) is 0.928. The molecular weight excluding hydrogens is 244 g/mol. The van der Waals surface area contributed by atoms with Gasteiger partial charge in [0.25, 0.3) is 0 Å². The zero-order valence-electron chi connectivity index (χ0n) is 14.7. The number of likely N-dealkylation sites (tertiary alicyclic amines) is 1. The molecule has 0 aromatic heterocycles. The number of nitrogens with one attached hydrogen (secondary N) is 1. The molecule has 120 valence electrons. The molecule has 0 saturated carbocycles. The lowest BCUT2D eigenvalue weighted by atomic mass is 9.75. The van der Waals surface area contributed by atoms with Crippen molar-refractivity contribution in [3.05, 3.63) is 0 Å². The molecule has 2 heteroatoms. The fourth-order valence-electron chi connectivity index (χ4n) is 3.30. The van der Waals surface area contributed by atoms with E-state index in [4.69, 9.17) is 0 Å². The Morgan fingerprint density at radius 1 is 1.15 bits per heavy atom. The highest BCUT2D eigenvalue weighted by Gasteiger charge is 2.28. The summed E-state index contributed by atoms with van der Waals surface area (Å²) in [4.78, 5) is 2.69. The number of rotatable bonds is 8. The van der Waals surface area contributed by atoms with Crippen LogP contribution in [0.25, 0.3) is 0 Å². The van der Waals surface area contributed by atoms with Crippen LogP contribution in [0.1, 0.15) is 73.1 Å². The van der Waals surface area contributed by atoms with Crippen LogP contribution in [0.15, 0.2) is 0 Å². The third-order valence-corrected chi connectivity index (χ3v) is 4.92. The van der Waals surface area contributed by atoms with Crippen LogP contribution in [-0.2, 0) is 0 Å². The highest BCUT2D eigenvalue weighted by atomic mass is 15.1. The zero-order valence-corrected chi connectivity index (χ0v) is 14.7. The maximum absolute atomic E-state index is 3.58. The molecule has 0 amide bonds. The smallest absolute Gasteiger partial charge is 0.00387 e. The Balaban J connectivity index is 2.04. The second-order valence-corrected chi connectivity index (χ2v) is 7.83. The average molecular weight is 283 g/mol. The lowest BCUT2D eigenvalue weighted by molar-refractivity contribution is 0.111. The summed E-state index contributed by atoms with van der Waals surface area (Å²) >= 11 is 0. The van der Waals surface area contributed by atoms with Crippen LogP contribution in [0.4, 0.5) is 0 Å². The number of nitrogens with zero attached hydrogens (tertiary/aromatic N) is 1. The number of hydrogen-bond acceptors (Lipinski definition) is 2. The SMILES string of the molecule is CCCNC(C)CCCCN1CCC(C(C)(C)C)CC1. The fourth-order valence-corrected chi connectivity index (χ4v) is 3.30. The molecule has 1 fully saturated rings. The van der Waals surface area contributed by atoms with Crippen molar-refractivity contribution in [2.75, 3.05) is 26.2 Å². The van der Waals surface area contributed by atoms with Gasteiger partial charge in [0.05, 0.1) is 0 Å². The summed E-state index contributed by atoms with van der Waals surface area (Å²) < 4.78 is 0. The van der Waals surface area contributed by atoms with Crippen molar-refractivity contribution in [2.24, 2.45) is 11.3 Å². The van der Waals surface area contributed by atoms with Gasteiger partial charge in [-0.05, 0) is 76.5 Å². The van der Waals surface area contributed by atoms with Crippen LogP contribution in [0.2, 0.25) is 0 Å². The molecule has 1 heterocycles. The molecule has 1 saturated heterocycles. The minimum Gasteiger partial charge on any atom is -0.314 e. The van der Waals surface area contributed by atoms with E-state index in [2.05, 4.69) is 44.8 Å². The Morgan fingerprint density at radius 2 is 1.80 bits per heavy atom. The molecule has 1 aliphatic heterocycles. The van der Waals surface area contributed by atoms with Gasteiger partial charge < -0.3 is 10.2 Å². The molecule has 1 unspecified atom stereocenters. The molecule has 1 rings (SSSR count). The normalized spacial score (nSPS) is 20.2. The molecule has 2 nitrogen and oxygen atoms in total. The molecule has 0 spiro atoms. The summed E-state index contributed by atoms with van der Waals surface area (Å²) in [6.45, 7) is 16.9. The lowest BCUT2D eigenvalue weighted by Gasteiger charge is -2.38.